The van der Waals surface area contributed by atoms with E-state index in [1.165, 1.54) is 23.3 Å². The minimum Gasteiger partial charge on any atom is -0.489 e. The van der Waals surface area contributed by atoms with Gasteiger partial charge >= 0.3 is 12.1 Å². The Morgan fingerprint density at radius 3 is 2.63 bits per heavy atom. The molecule has 2 aliphatic rings. The van der Waals surface area contributed by atoms with Crippen LogP contribution in [0.5, 0.6) is 5.75 Å². The molecule has 0 saturated carbocycles. The van der Waals surface area contributed by atoms with Gasteiger partial charge in [0.25, 0.3) is 0 Å². The van der Waals surface area contributed by atoms with E-state index in [1.54, 1.807) is 6.07 Å². The van der Waals surface area contributed by atoms with Crippen molar-refractivity contribution in [3.63, 3.8) is 0 Å². The third kappa shape index (κ3) is 5.62. The number of hydrogen-bond donors (Lipinski definition) is 2. The molecule has 0 aromatic heterocycles. The van der Waals surface area contributed by atoms with E-state index >= 15 is 0 Å². The summed E-state index contributed by atoms with van der Waals surface area (Å²) in [6, 6.07) is 20.5. The molecule has 5 rings (SSSR count). The molecule has 7 heteroatoms. The van der Waals surface area contributed by atoms with Crippen LogP contribution >= 0.6 is 0 Å². The quantitative estimate of drug-likeness (QED) is 0.365. The molecule has 2 aliphatic carbocycles. The van der Waals surface area contributed by atoms with E-state index in [4.69, 9.17) is 9.47 Å². The molecule has 0 bridgehead atoms. The average Bonchev–Trinajstić information content (AvgIpc) is 3.25. The number of carbonyl (C=O) groups is 2. The van der Waals surface area contributed by atoms with Gasteiger partial charge in [-0.3, -0.25) is 0 Å². The SMILES string of the molecule is O=C(N[C@@H](Cc1ccc(OCc2ccccc2)cc1F)C(=O)O)OCC1C2=C(CCC=C2)c2ccccc21. The van der Waals surface area contributed by atoms with Crippen molar-refractivity contribution in [3.05, 3.63) is 119 Å². The second-order valence-electron chi connectivity index (χ2n) is 9.38. The van der Waals surface area contributed by atoms with Crippen LogP contribution < -0.4 is 10.1 Å². The first kappa shape index (κ1) is 25.3. The van der Waals surface area contributed by atoms with Gasteiger partial charge in [-0.25, -0.2) is 14.0 Å². The van der Waals surface area contributed by atoms with Crippen LogP contribution in [-0.2, 0) is 22.6 Å². The summed E-state index contributed by atoms with van der Waals surface area (Å²) in [6.45, 7) is 0.366. The molecule has 0 aliphatic heterocycles. The number of carbonyl (C=O) groups excluding carboxylic acids is 1. The number of fused-ring (bicyclic) bond motifs is 2. The van der Waals surface area contributed by atoms with Crippen LogP contribution in [0.3, 0.4) is 0 Å². The van der Waals surface area contributed by atoms with Gasteiger partial charge in [0.2, 0.25) is 0 Å². The summed E-state index contributed by atoms with van der Waals surface area (Å²) >= 11 is 0. The fourth-order valence-electron chi connectivity index (χ4n) is 5.01. The van der Waals surface area contributed by atoms with Crippen molar-refractivity contribution in [1.82, 2.24) is 5.32 Å². The second-order valence-corrected chi connectivity index (χ2v) is 9.38. The molecule has 2 N–H and O–H groups in total. The van der Waals surface area contributed by atoms with Crippen LogP contribution in [0, 0.1) is 5.82 Å². The molecular weight excluding hydrogens is 485 g/mol. The number of alkyl carbamates (subject to hydrolysis) is 1. The van der Waals surface area contributed by atoms with Gasteiger partial charge in [0.15, 0.2) is 0 Å². The summed E-state index contributed by atoms with van der Waals surface area (Å²) in [5.74, 6) is -1.66. The first-order valence-corrected chi connectivity index (χ1v) is 12.6. The first-order valence-electron chi connectivity index (χ1n) is 12.6. The number of benzene rings is 3. The smallest absolute Gasteiger partial charge is 0.407 e. The van der Waals surface area contributed by atoms with E-state index in [1.807, 2.05) is 48.5 Å². The van der Waals surface area contributed by atoms with Gasteiger partial charge < -0.3 is 19.9 Å². The Labute approximate surface area is 220 Å². The van der Waals surface area contributed by atoms with E-state index in [-0.39, 0.29) is 31.1 Å². The highest BCUT2D eigenvalue weighted by Gasteiger charge is 2.32. The molecule has 0 heterocycles. The summed E-state index contributed by atoms with van der Waals surface area (Å²) in [5, 5.41) is 12.1. The van der Waals surface area contributed by atoms with Crippen molar-refractivity contribution in [2.24, 2.45) is 0 Å². The number of nitrogens with one attached hydrogen (secondary N) is 1. The van der Waals surface area contributed by atoms with Gasteiger partial charge in [-0.15, -0.1) is 0 Å². The maximum absolute atomic E-state index is 14.8. The van der Waals surface area contributed by atoms with Gasteiger partial charge in [0.1, 0.15) is 30.8 Å². The minimum absolute atomic E-state index is 0.0835. The van der Waals surface area contributed by atoms with Crippen molar-refractivity contribution in [1.29, 1.82) is 0 Å². The zero-order valence-corrected chi connectivity index (χ0v) is 20.7. The van der Waals surface area contributed by atoms with Gasteiger partial charge in [-0.1, -0.05) is 72.8 Å². The lowest BCUT2D eigenvalue weighted by Gasteiger charge is -2.19. The molecule has 0 saturated heterocycles. The Balaban J connectivity index is 1.19. The normalized spacial score (nSPS) is 16.4. The van der Waals surface area contributed by atoms with E-state index in [9.17, 15) is 19.1 Å². The number of halogens is 1. The average molecular weight is 514 g/mol. The minimum atomic E-state index is -1.35. The largest absolute Gasteiger partial charge is 0.489 e. The predicted molar refractivity (Wildman–Crippen MR) is 141 cm³/mol. The van der Waals surface area contributed by atoms with E-state index in [0.29, 0.717) is 5.75 Å². The highest BCUT2D eigenvalue weighted by Crippen LogP contribution is 2.46. The predicted octanol–water partition coefficient (Wildman–Crippen LogP) is 6.03. The van der Waals surface area contributed by atoms with Crippen molar-refractivity contribution in [2.45, 2.75) is 37.8 Å². The Bertz CT molecular complexity index is 1400. The Kier molecular flexibility index (Phi) is 7.54. The maximum Gasteiger partial charge on any atom is 0.407 e. The Morgan fingerprint density at radius 1 is 1.05 bits per heavy atom. The molecular formula is C31H28FNO5. The lowest BCUT2D eigenvalue weighted by atomic mass is 9.93. The van der Waals surface area contributed by atoms with Crippen LogP contribution in [0.1, 0.15) is 41.0 Å². The Morgan fingerprint density at radius 2 is 1.84 bits per heavy atom. The number of allylic oxidation sites excluding steroid dienone is 3. The summed E-state index contributed by atoms with van der Waals surface area (Å²) in [6.07, 6.45) is 5.02. The molecule has 6 nitrogen and oxygen atoms in total. The molecule has 0 spiro atoms. The van der Waals surface area contributed by atoms with Gasteiger partial charge in [0, 0.05) is 18.4 Å². The zero-order valence-electron chi connectivity index (χ0n) is 20.7. The maximum atomic E-state index is 14.8. The van der Waals surface area contributed by atoms with Gasteiger partial charge in [-0.05, 0) is 52.3 Å². The number of ether oxygens (including phenoxy) is 2. The Hall–Kier alpha value is -4.39. The van der Waals surface area contributed by atoms with Gasteiger partial charge in [0.05, 0.1) is 0 Å². The van der Waals surface area contributed by atoms with E-state index in [0.717, 1.165) is 29.5 Å². The third-order valence-corrected chi connectivity index (χ3v) is 6.91. The number of carboxylic acid groups (broad SMARTS) is 1. The number of hydrogen-bond acceptors (Lipinski definition) is 4. The van der Waals surface area contributed by atoms with Gasteiger partial charge in [-0.2, -0.15) is 0 Å². The van der Waals surface area contributed by atoms with Crippen LogP contribution in [0.4, 0.5) is 9.18 Å². The molecule has 0 fully saturated rings. The molecule has 38 heavy (non-hydrogen) atoms. The third-order valence-electron chi connectivity index (χ3n) is 6.91. The fraction of sp³-hybridized carbons (Fsp3) is 0.226. The topological polar surface area (TPSA) is 84.9 Å². The van der Waals surface area contributed by atoms with Crippen molar-refractivity contribution in [3.8, 4) is 5.75 Å². The lowest BCUT2D eigenvalue weighted by molar-refractivity contribution is -0.139. The highest BCUT2D eigenvalue weighted by atomic mass is 19.1. The van der Waals surface area contributed by atoms with Crippen LogP contribution in [-0.4, -0.2) is 29.8 Å². The van der Waals surface area contributed by atoms with Crippen LogP contribution in [0.2, 0.25) is 0 Å². The lowest BCUT2D eigenvalue weighted by Crippen LogP contribution is -2.43. The number of amides is 1. The standard InChI is InChI=1S/C31H28FNO5/c32-28-17-22(37-18-20-8-2-1-3-9-20)15-14-21(28)16-29(30(34)35)33-31(36)38-19-27-25-12-6-4-10-23(25)24-11-5-7-13-26(24)27/h1-4,6-10,12-15,17,27,29H,5,11,16,18-19H2,(H,33,36)(H,34,35)/t27?,29-/m0/s1. The number of carboxylic acids is 1. The highest BCUT2D eigenvalue weighted by molar-refractivity contribution is 5.82. The molecule has 1 amide bonds. The summed E-state index contributed by atoms with van der Waals surface area (Å²) in [4.78, 5) is 24.4. The van der Waals surface area contributed by atoms with Crippen LogP contribution in [0.15, 0.2) is 90.5 Å². The molecule has 0 radical (unpaired) electrons. The number of rotatable bonds is 9. The summed E-state index contributed by atoms with van der Waals surface area (Å²) in [5.41, 5.74) is 5.78. The van der Waals surface area contributed by atoms with E-state index in [2.05, 4.69) is 23.5 Å². The monoisotopic (exact) mass is 513 g/mol. The first-order chi connectivity index (χ1) is 18.5. The van der Waals surface area contributed by atoms with Crippen LogP contribution in [0.25, 0.3) is 5.57 Å². The molecule has 3 aromatic carbocycles. The molecule has 1 unspecified atom stereocenters. The molecule has 194 valence electrons. The van der Waals surface area contributed by atoms with Crippen molar-refractivity contribution in [2.75, 3.05) is 6.61 Å². The fourth-order valence-corrected chi connectivity index (χ4v) is 5.01. The summed E-state index contributed by atoms with van der Waals surface area (Å²) < 4.78 is 25.9. The number of aliphatic carboxylic acids is 1. The summed E-state index contributed by atoms with van der Waals surface area (Å²) in [7, 11) is 0. The molecule has 3 aromatic rings. The second kappa shape index (κ2) is 11.3. The van der Waals surface area contributed by atoms with Crippen molar-refractivity contribution >= 4 is 17.6 Å². The van der Waals surface area contributed by atoms with Crippen molar-refractivity contribution < 1.29 is 28.6 Å². The zero-order chi connectivity index (χ0) is 26.5. The van der Waals surface area contributed by atoms with E-state index < -0.39 is 23.9 Å². The molecule has 2 atom stereocenters.